The van der Waals surface area contributed by atoms with Gasteiger partial charge in [-0.2, -0.15) is 0 Å². The first-order chi connectivity index (χ1) is 14.1. The van der Waals surface area contributed by atoms with Crippen LogP contribution >= 0.6 is 0 Å². The van der Waals surface area contributed by atoms with Gasteiger partial charge in [0.1, 0.15) is 23.7 Å². The number of hydrogen-bond donors (Lipinski definition) is 2. The fourth-order valence-corrected chi connectivity index (χ4v) is 3.25. The Morgan fingerprint density at radius 3 is 2.83 bits per heavy atom. The van der Waals surface area contributed by atoms with E-state index in [2.05, 4.69) is 15.3 Å². The third kappa shape index (κ3) is 4.59. The van der Waals surface area contributed by atoms with Crippen LogP contribution in [0.15, 0.2) is 18.2 Å². The Balaban J connectivity index is 1.83. The molecular formula is C21H29N5O3. The van der Waals surface area contributed by atoms with Crippen molar-refractivity contribution in [3.63, 3.8) is 0 Å². The number of benzene rings is 1. The number of carbonyl (C=O) groups excluding carboxylic acids is 1. The van der Waals surface area contributed by atoms with Gasteiger partial charge >= 0.3 is 0 Å². The molecule has 29 heavy (non-hydrogen) atoms. The maximum absolute atomic E-state index is 11.3. The van der Waals surface area contributed by atoms with Crippen molar-refractivity contribution >= 4 is 33.7 Å². The molecule has 2 aromatic heterocycles. The fourth-order valence-electron chi connectivity index (χ4n) is 3.25. The van der Waals surface area contributed by atoms with Gasteiger partial charge in [0, 0.05) is 26.6 Å². The largest absolute Gasteiger partial charge is 0.493 e. The number of nitrogens with one attached hydrogen (secondary N) is 1. The summed E-state index contributed by atoms with van der Waals surface area (Å²) in [6.45, 7) is 6.04. The van der Waals surface area contributed by atoms with Crippen LogP contribution in [0.4, 0.5) is 5.82 Å². The Morgan fingerprint density at radius 1 is 1.24 bits per heavy atom. The van der Waals surface area contributed by atoms with Crippen molar-refractivity contribution in [1.29, 1.82) is 0 Å². The second-order valence-electron chi connectivity index (χ2n) is 6.83. The lowest BCUT2D eigenvalue weighted by molar-refractivity contribution is -0.120. The van der Waals surface area contributed by atoms with Crippen LogP contribution in [0.1, 0.15) is 38.9 Å². The Labute approximate surface area is 170 Å². The topological polar surface area (TPSA) is 104 Å². The third-order valence-corrected chi connectivity index (χ3v) is 4.82. The van der Waals surface area contributed by atoms with Crippen LogP contribution in [-0.4, -0.2) is 40.2 Å². The summed E-state index contributed by atoms with van der Waals surface area (Å²) in [6, 6.07) is 5.77. The zero-order valence-corrected chi connectivity index (χ0v) is 17.3. The predicted octanol–water partition coefficient (Wildman–Crippen LogP) is 2.93. The van der Waals surface area contributed by atoms with Crippen molar-refractivity contribution in [2.24, 2.45) is 7.05 Å². The number of rotatable bonds is 10. The second kappa shape index (κ2) is 9.56. The Bertz CT molecular complexity index is 999. The maximum Gasteiger partial charge on any atom is 0.219 e. The summed E-state index contributed by atoms with van der Waals surface area (Å²) >= 11 is 0. The van der Waals surface area contributed by atoms with E-state index in [1.807, 2.05) is 43.7 Å². The smallest absolute Gasteiger partial charge is 0.219 e. The Kier molecular flexibility index (Phi) is 6.87. The number of anilines is 1. The van der Waals surface area contributed by atoms with Crippen LogP contribution in [0.25, 0.3) is 21.9 Å². The molecule has 0 radical (unpaired) electrons. The van der Waals surface area contributed by atoms with E-state index in [-0.39, 0.29) is 5.91 Å². The number of hydrogen-bond acceptors (Lipinski definition) is 6. The van der Waals surface area contributed by atoms with Gasteiger partial charge in [0.25, 0.3) is 0 Å². The number of pyridine rings is 1. The van der Waals surface area contributed by atoms with Gasteiger partial charge in [0.2, 0.25) is 5.91 Å². The molecule has 156 valence electrons. The van der Waals surface area contributed by atoms with E-state index >= 15 is 0 Å². The van der Waals surface area contributed by atoms with Gasteiger partial charge in [-0.15, -0.1) is 0 Å². The molecule has 0 saturated heterocycles. The molecule has 1 amide bonds. The summed E-state index contributed by atoms with van der Waals surface area (Å²) in [7, 11) is 1.95. The van der Waals surface area contributed by atoms with E-state index in [9.17, 15) is 4.79 Å². The lowest BCUT2D eigenvalue weighted by atomic mass is 10.1. The van der Waals surface area contributed by atoms with Crippen LogP contribution in [0.2, 0.25) is 0 Å². The summed E-state index contributed by atoms with van der Waals surface area (Å²) in [6.07, 6.45) is 2.21. The number of unbranched alkanes of at least 4 members (excludes halogenated alkanes) is 1. The number of carbonyl (C=O) groups is 1. The molecule has 0 fully saturated rings. The molecule has 3 aromatic rings. The monoisotopic (exact) mass is 399 g/mol. The first kappa shape index (κ1) is 20.9. The first-order valence-corrected chi connectivity index (χ1v) is 10.1. The van der Waals surface area contributed by atoms with Gasteiger partial charge < -0.3 is 25.1 Å². The number of nitrogens with two attached hydrogens (primary N) is 1. The number of fused-ring (bicyclic) bond motifs is 3. The van der Waals surface area contributed by atoms with Crippen molar-refractivity contribution in [3.05, 3.63) is 24.0 Å². The van der Waals surface area contributed by atoms with Crippen molar-refractivity contribution < 1.29 is 14.3 Å². The molecule has 0 spiro atoms. The standard InChI is InChI=1S/C21H29N5O3/c1-4-17(27)23-11-6-7-12-29-15-10-8-9-14-18(15)20-19(21(22)24-14)25-16(26(20)3)13-28-5-2/h8-10H,4-7,11-13H2,1-3H3,(H2,22,24)(H,23,27). The highest BCUT2D eigenvalue weighted by Gasteiger charge is 2.18. The second-order valence-corrected chi connectivity index (χ2v) is 6.83. The van der Waals surface area contributed by atoms with E-state index in [1.54, 1.807) is 0 Å². The lowest BCUT2D eigenvalue weighted by Gasteiger charge is -2.12. The summed E-state index contributed by atoms with van der Waals surface area (Å²) in [5.41, 5.74) is 8.50. The minimum atomic E-state index is 0.0742. The van der Waals surface area contributed by atoms with Gasteiger partial charge in [-0.1, -0.05) is 13.0 Å². The van der Waals surface area contributed by atoms with E-state index in [0.29, 0.717) is 44.1 Å². The van der Waals surface area contributed by atoms with Crippen molar-refractivity contribution in [3.8, 4) is 5.75 Å². The molecular weight excluding hydrogens is 370 g/mol. The highest BCUT2D eigenvalue weighted by molar-refractivity contribution is 6.09. The van der Waals surface area contributed by atoms with E-state index in [4.69, 9.17) is 15.2 Å². The number of ether oxygens (including phenoxy) is 2. The lowest BCUT2D eigenvalue weighted by Crippen LogP contribution is -2.23. The molecule has 1 aromatic carbocycles. The molecule has 0 atom stereocenters. The number of nitrogens with zero attached hydrogens (tertiary/aromatic N) is 3. The molecule has 0 aliphatic heterocycles. The summed E-state index contributed by atoms with van der Waals surface area (Å²) in [5, 5.41) is 3.77. The van der Waals surface area contributed by atoms with Gasteiger partial charge in [-0.3, -0.25) is 4.79 Å². The van der Waals surface area contributed by atoms with Gasteiger partial charge in [-0.25, -0.2) is 9.97 Å². The van der Waals surface area contributed by atoms with Crippen LogP contribution < -0.4 is 15.8 Å². The summed E-state index contributed by atoms with van der Waals surface area (Å²) in [4.78, 5) is 20.4. The average Bonchev–Trinajstić information content (AvgIpc) is 3.05. The zero-order chi connectivity index (χ0) is 20.8. The number of aryl methyl sites for hydroxylation is 1. The molecule has 0 aliphatic rings. The van der Waals surface area contributed by atoms with E-state index in [1.165, 1.54) is 0 Å². The first-order valence-electron chi connectivity index (χ1n) is 10.1. The molecule has 3 rings (SSSR count). The normalized spacial score (nSPS) is 11.3. The molecule has 3 N–H and O–H groups in total. The minimum absolute atomic E-state index is 0.0742. The van der Waals surface area contributed by atoms with Crippen LogP contribution in [0.5, 0.6) is 5.75 Å². The average molecular weight is 399 g/mol. The third-order valence-electron chi connectivity index (χ3n) is 4.82. The SMILES string of the molecule is CCOCc1nc2c(N)nc3cccc(OCCCCNC(=O)CC)c3c2n1C. The Hall–Kier alpha value is -2.87. The van der Waals surface area contributed by atoms with E-state index < -0.39 is 0 Å². The number of imidazole rings is 1. The van der Waals surface area contributed by atoms with E-state index in [0.717, 1.165) is 40.8 Å². The number of nitrogen functional groups attached to an aromatic ring is 1. The zero-order valence-electron chi connectivity index (χ0n) is 17.3. The van der Waals surface area contributed by atoms with Gasteiger partial charge in [-0.05, 0) is 31.9 Å². The molecule has 0 aliphatic carbocycles. The van der Waals surface area contributed by atoms with Crippen molar-refractivity contribution in [2.45, 2.75) is 39.7 Å². The molecule has 8 nitrogen and oxygen atoms in total. The van der Waals surface area contributed by atoms with Crippen molar-refractivity contribution in [1.82, 2.24) is 19.9 Å². The molecule has 0 saturated carbocycles. The van der Waals surface area contributed by atoms with Crippen LogP contribution in [-0.2, 0) is 23.2 Å². The van der Waals surface area contributed by atoms with Gasteiger partial charge in [0.15, 0.2) is 5.82 Å². The number of amides is 1. The van der Waals surface area contributed by atoms with Crippen LogP contribution in [0, 0.1) is 0 Å². The van der Waals surface area contributed by atoms with Crippen molar-refractivity contribution in [2.75, 3.05) is 25.5 Å². The predicted molar refractivity (Wildman–Crippen MR) is 114 cm³/mol. The summed E-state index contributed by atoms with van der Waals surface area (Å²) < 4.78 is 13.6. The molecule has 2 heterocycles. The van der Waals surface area contributed by atoms with Crippen LogP contribution in [0.3, 0.4) is 0 Å². The molecule has 8 heteroatoms. The quantitative estimate of drug-likeness (QED) is 0.508. The molecule has 0 unspecified atom stereocenters. The fraction of sp³-hybridized carbons (Fsp3) is 0.476. The molecule has 0 bridgehead atoms. The highest BCUT2D eigenvalue weighted by Crippen LogP contribution is 2.34. The minimum Gasteiger partial charge on any atom is -0.493 e. The maximum atomic E-state index is 11.3. The van der Waals surface area contributed by atoms with Gasteiger partial charge in [0.05, 0.1) is 23.0 Å². The summed E-state index contributed by atoms with van der Waals surface area (Å²) in [5.74, 6) is 2.02. The Morgan fingerprint density at radius 2 is 2.07 bits per heavy atom. The highest BCUT2D eigenvalue weighted by atomic mass is 16.5. The number of aromatic nitrogens is 3.